The summed E-state index contributed by atoms with van der Waals surface area (Å²) in [4.78, 5) is 22.7. The zero-order valence-electron chi connectivity index (χ0n) is 18.0. The Morgan fingerprint density at radius 2 is 1.81 bits per heavy atom. The summed E-state index contributed by atoms with van der Waals surface area (Å²) in [6.07, 6.45) is 4.37. The van der Waals surface area contributed by atoms with Crippen molar-refractivity contribution in [1.82, 2.24) is 14.9 Å². The lowest BCUT2D eigenvalue weighted by molar-refractivity contribution is -0.137. The van der Waals surface area contributed by atoms with Crippen molar-refractivity contribution < 1.29 is 14.6 Å². The van der Waals surface area contributed by atoms with Crippen molar-refractivity contribution in [1.29, 1.82) is 0 Å². The maximum Gasteiger partial charge on any atom is 0.326 e. The topological polar surface area (TPSA) is 87.6 Å². The van der Waals surface area contributed by atoms with Crippen LogP contribution in [0.4, 0.5) is 5.82 Å². The molecule has 4 rings (SSSR count). The maximum absolute atomic E-state index is 11.7. The SMILES string of the molecule is O=C(O)C(Cc1ccccc1)Nc1cc(-c2ccc(OCCN3CCCC3)cc2)ncn1. The first-order valence-electron chi connectivity index (χ1n) is 11.0. The Kier molecular flexibility index (Phi) is 7.30. The molecule has 2 heterocycles. The molecular weight excluding hydrogens is 404 g/mol. The third-order valence-corrected chi connectivity index (χ3v) is 5.59. The van der Waals surface area contributed by atoms with Crippen LogP contribution in [0.15, 0.2) is 67.0 Å². The van der Waals surface area contributed by atoms with Crippen LogP contribution in [0.1, 0.15) is 18.4 Å². The Morgan fingerprint density at radius 1 is 1.06 bits per heavy atom. The van der Waals surface area contributed by atoms with Gasteiger partial charge in [-0.15, -0.1) is 0 Å². The number of rotatable bonds is 10. The standard InChI is InChI=1S/C25H28N4O3/c30-25(31)23(16-19-6-2-1-3-7-19)28-24-17-22(26-18-27-24)20-8-10-21(11-9-20)32-15-14-29-12-4-5-13-29/h1-3,6-11,17-18,23H,4-5,12-16H2,(H,30,31)(H,26,27,28). The minimum Gasteiger partial charge on any atom is -0.492 e. The average molecular weight is 433 g/mol. The van der Waals surface area contributed by atoms with E-state index in [2.05, 4.69) is 20.2 Å². The third-order valence-electron chi connectivity index (χ3n) is 5.59. The lowest BCUT2D eigenvalue weighted by Gasteiger charge is -2.16. The van der Waals surface area contributed by atoms with Gasteiger partial charge in [0.15, 0.2) is 0 Å². The molecule has 1 unspecified atom stereocenters. The van der Waals surface area contributed by atoms with Crippen LogP contribution >= 0.6 is 0 Å². The summed E-state index contributed by atoms with van der Waals surface area (Å²) in [6, 6.07) is 18.3. The van der Waals surface area contributed by atoms with E-state index >= 15 is 0 Å². The third kappa shape index (κ3) is 6.04. The highest BCUT2D eigenvalue weighted by Crippen LogP contribution is 2.22. The van der Waals surface area contributed by atoms with Gasteiger partial charge >= 0.3 is 5.97 Å². The fourth-order valence-electron chi connectivity index (χ4n) is 3.84. The van der Waals surface area contributed by atoms with Gasteiger partial charge in [-0.2, -0.15) is 0 Å². The predicted octanol–water partition coefficient (Wildman–Crippen LogP) is 3.73. The highest BCUT2D eigenvalue weighted by molar-refractivity contribution is 5.77. The normalized spacial score (nSPS) is 14.8. The van der Waals surface area contributed by atoms with Crippen LogP contribution in [-0.4, -0.2) is 58.2 Å². The van der Waals surface area contributed by atoms with Crippen molar-refractivity contribution in [2.24, 2.45) is 0 Å². The van der Waals surface area contributed by atoms with E-state index in [0.717, 1.165) is 29.1 Å². The van der Waals surface area contributed by atoms with Crippen molar-refractivity contribution in [2.75, 3.05) is 31.6 Å². The molecule has 3 aromatic rings. The zero-order chi connectivity index (χ0) is 22.2. The molecule has 32 heavy (non-hydrogen) atoms. The molecule has 1 fully saturated rings. The summed E-state index contributed by atoms with van der Waals surface area (Å²) in [5, 5.41) is 12.7. The molecule has 166 valence electrons. The van der Waals surface area contributed by atoms with E-state index in [1.54, 1.807) is 6.07 Å². The molecule has 2 N–H and O–H groups in total. The molecule has 1 aliphatic heterocycles. The first-order chi connectivity index (χ1) is 15.7. The van der Waals surface area contributed by atoms with Gasteiger partial charge in [0.1, 0.15) is 30.5 Å². The van der Waals surface area contributed by atoms with Crippen LogP contribution in [0.25, 0.3) is 11.3 Å². The number of carboxylic acid groups (broad SMARTS) is 1. The number of carbonyl (C=O) groups is 1. The van der Waals surface area contributed by atoms with Gasteiger partial charge in [0.2, 0.25) is 0 Å². The minimum atomic E-state index is -0.926. The fraction of sp³-hybridized carbons (Fsp3) is 0.320. The molecule has 0 amide bonds. The number of benzene rings is 2. The van der Waals surface area contributed by atoms with Crippen LogP contribution in [-0.2, 0) is 11.2 Å². The number of carboxylic acids is 1. The van der Waals surface area contributed by atoms with Crippen LogP contribution in [0.5, 0.6) is 5.75 Å². The number of nitrogens with zero attached hydrogens (tertiary/aromatic N) is 3. The van der Waals surface area contributed by atoms with E-state index in [1.165, 1.54) is 32.3 Å². The fourth-order valence-corrected chi connectivity index (χ4v) is 3.84. The van der Waals surface area contributed by atoms with Crippen molar-refractivity contribution >= 4 is 11.8 Å². The Morgan fingerprint density at radius 3 is 2.53 bits per heavy atom. The molecule has 1 atom stereocenters. The van der Waals surface area contributed by atoms with E-state index in [9.17, 15) is 9.90 Å². The van der Waals surface area contributed by atoms with E-state index in [1.807, 2.05) is 54.6 Å². The van der Waals surface area contributed by atoms with E-state index < -0.39 is 12.0 Å². The Hall–Kier alpha value is -3.45. The summed E-state index contributed by atoms with van der Waals surface area (Å²) in [5.41, 5.74) is 2.58. The van der Waals surface area contributed by atoms with E-state index in [4.69, 9.17) is 4.74 Å². The van der Waals surface area contributed by atoms with Crippen LogP contribution < -0.4 is 10.1 Å². The number of nitrogens with one attached hydrogen (secondary N) is 1. The Labute approximate surface area is 188 Å². The number of hydrogen-bond acceptors (Lipinski definition) is 6. The molecule has 0 aliphatic carbocycles. The summed E-state index contributed by atoms with van der Waals surface area (Å²) >= 11 is 0. The van der Waals surface area contributed by atoms with E-state index in [0.29, 0.717) is 18.8 Å². The van der Waals surface area contributed by atoms with E-state index in [-0.39, 0.29) is 0 Å². The van der Waals surface area contributed by atoms with Crippen molar-refractivity contribution in [3.05, 3.63) is 72.6 Å². The highest BCUT2D eigenvalue weighted by atomic mass is 16.5. The number of hydrogen-bond donors (Lipinski definition) is 2. The molecule has 0 spiro atoms. The van der Waals surface area contributed by atoms with Crippen LogP contribution in [0.3, 0.4) is 0 Å². The molecular formula is C25H28N4O3. The maximum atomic E-state index is 11.7. The Balaban J connectivity index is 1.37. The van der Waals surface area contributed by atoms with Crippen LogP contribution in [0.2, 0.25) is 0 Å². The number of likely N-dealkylation sites (tertiary alicyclic amines) is 1. The average Bonchev–Trinajstić information content (AvgIpc) is 3.34. The lowest BCUT2D eigenvalue weighted by Crippen LogP contribution is -2.31. The monoisotopic (exact) mass is 432 g/mol. The predicted molar refractivity (Wildman–Crippen MR) is 124 cm³/mol. The van der Waals surface area contributed by atoms with Crippen molar-refractivity contribution in [3.8, 4) is 17.0 Å². The summed E-state index contributed by atoms with van der Waals surface area (Å²) < 4.78 is 5.87. The van der Waals surface area contributed by atoms with Gasteiger partial charge in [0, 0.05) is 24.6 Å². The second-order valence-electron chi connectivity index (χ2n) is 7.93. The molecule has 0 saturated carbocycles. The van der Waals surface area contributed by atoms with Gasteiger partial charge in [0.25, 0.3) is 0 Å². The number of aliphatic carboxylic acids is 1. The minimum absolute atomic E-state index is 0.360. The smallest absolute Gasteiger partial charge is 0.326 e. The number of ether oxygens (including phenoxy) is 1. The molecule has 1 aromatic heterocycles. The first-order valence-corrected chi connectivity index (χ1v) is 11.0. The molecule has 7 heteroatoms. The van der Waals surface area contributed by atoms with Gasteiger partial charge < -0.3 is 15.2 Å². The van der Waals surface area contributed by atoms with Gasteiger partial charge in [-0.05, 0) is 55.8 Å². The summed E-state index contributed by atoms with van der Waals surface area (Å²) in [6.45, 7) is 3.97. The molecule has 2 aromatic carbocycles. The molecule has 1 saturated heterocycles. The number of aromatic nitrogens is 2. The van der Waals surface area contributed by atoms with Crippen LogP contribution in [0, 0.1) is 0 Å². The summed E-state index contributed by atoms with van der Waals surface area (Å²) in [7, 11) is 0. The lowest BCUT2D eigenvalue weighted by atomic mass is 10.1. The first kappa shape index (κ1) is 21.8. The second kappa shape index (κ2) is 10.7. The molecule has 0 radical (unpaired) electrons. The Bertz CT molecular complexity index is 1010. The van der Waals surface area contributed by atoms with Gasteiger partial charge in [-0.3, -0.25) is 4.90 Å². The second-order valence-corrected chi connectivity index (χ2v) is 7.93. The van der Waals surface area contributed by atoms with Crippen molar-refractivity contribution in [2.45, 2.75) is 25.3 Å². The molecule has 0 bridgehead atoms. The van der Waals surface area contributed by atoms with Gasteiger partial charge in [0.05, 0.1) is 5.69 Å². The largest absolute Gasteiger partial charge is 0.492 e. The van der Waals surface area contributed by atoms with Gasteiger partial charge in [-0.25, -0.2) is 14.8 Å². The molecule has 1 aliphatic rings. The van der Waals surface area contributed by atoms with Crippen molar-refractivity contribution in [3.63, 3.8) is 0 Å². The summed E-state index contributed by atoms with van der Waals surface area (Å²) in [5.74, 6) is 0.378. The molecule has 7 nitrogen and oxygen atoms in total. The van der Waals surface area contributed by atoms with Gasteiger partial charge in [-0.1, -0.05) is 30.3 Å². The highest BCUT2D eigenvalue weighted by Gasteiger charge is 2.18. The zero-order valence-corrected chi connectivity index (χ0v) is 18.0. The quantitative estimate of drug-likeness (QED) is 0.505. The number of anilines is 1.